The van der Waals surface area contributed by atoms with Crippen molar-refractivity contribution in [1.82, 2.24) is 0 Å². The summed E-state index contributed by atoms with van der Waals surface area (Å²) in [5, 5.41) is 7.84. The van der Waals surface area contributed by atoms with E-state index < -0.39 is 5.41 Å². The van der Waals surface area contributed by atoms with Crippen molar-refractivity contribution >= 4 is 61.1 Å². The topological polar surface area (TPSA) is 3.24 Å². The smallest absolute Gasteiger partial charge is 0.0725 e. The van der Waals surface area contributed by atoms with Gasteiger partial charge in [-0.1, -0.05) is 139 Å². The molecule has 0 atom stereocenters. The van der Waals surface area contributed by atoms with Crippen LogP contribution in [0.25, 0.3) is 54.6 Å². The molecule has 9 aromatic rings. The maximum absolute atomic E-state index is 2.56. The molecule has 51 heavy (non-hydrogen) atoms. The zero-order valence-electron chi connectivity index (χ0n) is 27.6. The molecule has 1 heterocycles. The molecular formula is C49H29NS. The molecule has 236 valence electrons. The molecule has 1 spiro atoms. The quantitative estimate of drug-likeness (QED) is 0.161. The molecule has 0 unspecified atom stereocenters. The first-order valence-electron chi connectivity index (χ1n) is 17.7. The first kappa shape index (κ1) is 27.7. The van der Waals surface area contributed by atoms with Crippen molar-refractivity contribution in [3.05, 3.63) is 198 Å². The SMILES string of the molecule is c1ccc2c(c1)Sc1ccccc1N2c1ccc2c(c1)-c1cc3c4ccccc4c4ccccc4c3cc1C21c2ccccc2-c2ccccc21. The third-order valence-corrected chi connectivity index (χ3v) is 12.8. The third kappa shape index (κ3) is 3.48. The largest absolute Gasteiger partial charge is 0.308 e. The van der Waals surface area contributed by atoms with Crippen molar-refractivity contribution in [2.45, 2.75) is 15.2 Å². The molecule has 2 heteroatoms. The summed E-state index contributed by atoms with van der Waals surface area (Å²) in [5.74, 6) is 0. The molecule has 0 N–H and O–H groups in total. The first-order valence-corrected chi connectivity index (χ1v) is 18.5. The van der Waals surface area contributed by atoms with Crippen LogP contribution in [0, 0.1) is 0 Å². The highest BCUT2D eigenvalue weighted by atomic mass is 32.2. The Hall–Kier alpha value is -6.09. The number of nitrogens with zero attached hydrogens (tertiary/aromatic N) is 1. The van der Waals surface area contributed by atoms with Crippen LogP contribution in [0.3, 0.4) is 0 Å². The van der Waals surface area contributed by atoms with E-state index in [9.17, 15) is 0 Å². The lowest BCUT2D eigenvalue weighted by Crippen LogP contribution is -2.26. The molecule has 0 saturated heterocycles. The normalized spacial score (nSPS) is 14.3. The third-order valence-electron chi connectivity index (χ3n) is 11.6. The lowest BCUT2D eigenvalue weighted by atomic mass is 9.70. The molecule has 0 radical (unpaired) electrons. The molecule has 0 saturated carbocycles. The molecule has 0 bridgehead atoms. The molecule has 0 aromatic heterocycles. The Labute approximate surface area is 300 Å². The van der Waals surface area contributed by atoms with Crippen LogP contribution in [0.15, 0.2) is 186 Å². The van der Waals surface area contributed by atoms with Crippen molar-refractivity contribution in [3.63, 3.8) is 0 Å². The minimum absolute atomic E-state index is 0.426. The lowest BCUT2D eigenvalue weighted by Gasteiger charge is -2.34. The second kappa shape index (κ2) is 10.0. The Kier molecular flexibility index (Phi) is 5.43. The van der Waals surface area contributed by atoms with Crippen molar-refractivity contribution in [1.29, 1.82) is 0 Å². The minimum atomic E-state index is -0.426. The Morgan fingerprint density at radius 1 is 0.333 bits per heavy atom. The fraction of sp³-hybridized carbons (Fsp3) is 0.0204. The van der Waals surface area contributed by atoms with E-state index in [2.05, 4.69) is 181 Å². The van der Waals surface area contributed by atoms with Crippen LogP contribution < -0.4 is 4.90 Å². The van der Waals surface area contributed by atoms with Gasteiger partial charge >= 0.3 is 0 Å². The first-order chi connectivity index (χ1) is 25.3. The van der Waals surface area contributed by atoms with Crippen LogP contribution >= 0.6 is 11.8 Å². The van der Waals surface area contributed by atoms with Crippen LogP contribution in [0.1, 0.15) is 22.3 Å². The second-order valence-electron chi connectivity index (χ2n) is 14.0. The molecule has 1 aliphatic heterocycles. The molecule has 12 rings (SSSR count). The average Bonchev–Trinajstić information content (AvgIpc) is 3.66. The van der Waals surface area contributed by atoms with Gasteiger partial charge in [-0.05, 0) is 125 Å². The van der Waals surface area contributed by atoms with Crippen molar-refractivity contribution < 1.29 is 0 Å². The highest BCUT2D eigenvalue weighted by molar-refractivity contribution is 7.99. The van der Waals surface area contributed by atoms with E-state index >= 15 is 0 Å². The van der Waals surface area contributed by atoms with Gasteiger partial charge < -0.3 is 4.90 Å². The zero-order valence-corrected chi connectivity index (χ0v) is 28.4. The summed E-state index contributed by atoms with van der Waals surface area (Å²) >= 11 is 1.86. The summed E-state index contributed by atoms with van der Waals surface area (Å²) in [6.07, 6.45) is 0. The van der Waals surface area contributed by atoms with Crippen molar-refractivity contribution in [2.24, 2.45) is 0 Å². The van der Waals surface area contributed by atoms with E-state index in [1.54, 1.807) is 0 Å². The van der Waals surface area contributed by atoms with Crippen LogP contribution in [0.4, 0.5) is 17.1 Å². The van der Waals surface area contributed by atoms with Gasteiger partial charge in [0.25, 0.3) is 0 Å². The molecule has 9 aromatic carbocycles. The van der Waals surface area contributed by atoms with Gasteiger partial charge in [-0.2, -0.15) is 0 Å². The van der Waals surface area contributed by atoms with E-state index in [1.807, 2.05) is 11.8 Å². The number of anilines is 3. The standard InChI is InChI=1S/C49H29NS/c1-3-15-33-31(13-1)32-14-2-4-16-34(32)38-29-44-40(28-37(33)38)39-27-30(50-45-21-9-11-23-47(45)51-48-24-12-10-22-46(48)50)25-26-43(39)49(44)41-19-7-5-17-35(41)36-18-6-8-20-42(36)49/h1-29H. The number of hydrogen-bond donors (Lipinski definition) is 0. The fourth-order valence-electron chi connectivity index (χ4n) is 9.65. The monoisotopic (exact) mass is 663 g/mol. The predicted molar refractivity (Wildman–Crippen MR) is 214 cm³/mol. The number of rotatable bonds is 1. The van der Waals surface area contributed by atoms with Crippen LogP contribution in [-0.4, -0.2) is 0 Å². The van der Waals surface area contributed by atoms with E-state index in [-0.39, 0.29) is 0 Å². The summed E-state index contributed by atoms with van der Waals surface area (Å²) < 4.78 is 0. The molecule has 1 nitrogen and oxygen atoms in total. The zero-order chi connectivity index (χ0) is 33.3. The number of benzene rings is 9. The van der Waals surface area contributed by atoms with E-state index in [4.69, 9.17) is 0 Å². The van der Waals surface area contributed by atoms with Gasteiger partial charge in [0.05, 0.1) is 16.8 Å². The van der Waals surface area contributed by atoms with Crippen LogP contribution in [0.5, 0.6) is 0 Å². The van der Waals surface area contributed by atoms with Gasteiger partial charge in [-0.25, -0.2) is 0 Å². The van der Waals surface area contributed by atoms with Gasteiger partial charge in [-0.3, -0.25) is 0 Å². The minimum Gasteiger partial charge on any atom is -0.308 e. The van der Waals surface area contributed by atoms with E-state index in [0.29, 0.717) is 0 Å². The van der Waals surface area contributed by atoms with Gasteiger partial charge in [0, 0.05) is 15.5 Å². The number of fused-ring (bicyclic) bond motifs is 18. The van der Waals surface area contributed by atoms with E-state index in [0.717, 1.165) is 0 Å². The van der Waals surface area contributed by atoms with Crippen molar-refractivity contribution in [3.8, 4) is 22.3 Å². The Morgan fingerprint density at radius 2 is 0.784 bits per heavy atom. The fourth-order valence-corrected chi connectivity index (χ4v) is 10.7. The van der Waals surface area contributed by atoms with Gasteiger partial charge in [0.1, 0.15) is 0 Å². The Balaban J connectivity index is 1.23. The molecular weight excluding hydrogens is 635 g/mol. The van der Waals surface area contributed by atoms with Gasteiger partial charge in [0.15, 0.2) is 0 Å². The maximum Gasteiger partial charge on any atom is 0.0725 e. The average molecular weight is 664 g/mol. The van der Waals surface area contributed by atoms with E-state index in [1.165, 1.54) is 104 Å². The lowest BCUT2D eigenvalue weighted by molar-refractivity contribution is 0.795. The highest BCUT2D eigenvalue weighted by Gasteiger charge is 2.52. The molecule has 0 fully saturated rings. The number of hydrogen-bond acceptors (Lipinski definition) is 2. The maximum atomic E-state index is 2.56. The summed E-state index contributed by atoms with van der Waals surface area (Å²) in [6.45, 7) is 0. The molecule has 3 aliphatic rings. The summed E-state index contributed by atoms with van der Waals surface area (Å²) in [4.78, 5) is 5.01. The molecule has 0 amide bonds. The van der Waals surface area contributed by atoms with Crippen LogP contribution in [-0.2, 0) is 5.41 Å². The van der Waals surface area contributed by atoms with Crippen LogP contribution in [0.2, 0.25) is 0 Å². The van der Waals surface area contributed by atoms with Crippen molar-refractivity contribution in [2.75, 3.05) is 4.90 Å². The second-order valence-corrected chi connectivity index (χ2v) is 15.1. The Bertz CT molecular complexity index is 2880. The highest BCUT2D eigenvalue weighted by Crippen LogP contribution is 2.64. The molecule has 2 aliphatic carbocycles. The Morgan fingerprint density at radius 3 is 1.39 bits per heavy atom. The number of para-hydroxylation sites is 2. The van der Waals surface area contributed by atoms with Gasteiger partial charge in [0.2, 0.25) is 0 Å². The van der Waals surface area contributed by atoms with Gasteiger partial charge in [-0.15, -0.1) is 0 Å². The summed E-state index contributed by atoms with van der Waals surface area (Å²) in [6, 6.07) is 66.1. The predicted octanol–water partition coefficient (Wildman–Crippen LogP) is 13.4. The summed E-state index contributed by atoms with van der Waals surface area (Å²) in [5.41, 5.74) is 14.0. The summed E-state index contributed by atoms with van der Waals surface area (Å²) in [7, 11) is 0.